The third-order valence-corrected chi connectivity index (χ3v) is 3.75. The van der Waals surface area contributed by atoms with Gasteiger partial charge < -0.3 is 9.42 Å². The number of rotatable bonds is 2. The molecule has 1 aliphatic heterocycles. The molecule has 8 heteroatoms. The Labute approximate surface area is 120 Å². The third kappa shape index (κ3) is 1.94. The first-order valence-corrected chi connectivity index (χ1v) is 6.96. The Morgan fingerprint density at radius 2 is 2.19 bits per heavy atom. The van der Waals surface area contributed by atoms with Crippen molar-refractivity contribution in [2.45, 2.75) is 32.7 Å². The normalized spacial score (nSPS) is 18.8. The molecule has 1 saturated heterocycles. The molecule has 0 radical (unpaired) electrons. The lowest BCUT2D eigenvalue weighted by Crippen LogP contribution is -2.26. The first kappa shape index (κ1) is 12.2. The molecule has 4 heterocycles. The molecule has 0 amide bonds. The summed E-state index contributed by atoms with van der Waals surface area (Å²) in [5.41, 5.74) is 0.917. The van der Waals surface area contributed by atoms with Gasteiger partial charge in [-0.1, -0.05) is 5.16 Å². The van der Waals surface area contributed by atoms with Crippen LogP contribution in [0.5, 0.6) is 0 Å². The molecule has 0 unspecified atom stereocenters. The van der Waals surface area contributed by atoms with E-state index < -0.39 is 0 Å². The van der Waals surface area contributed by atoms with E-state index in [2.05, 4.69) is 30.1 Å². The summed E-state index contributed by atoms with van der Waals surface area (Å²) < 4.78 is 6.88. The fraction of sp³-hybridized carbons (Fsp3) is 0.462. The first-order valence-electron chi connectivity index (χ1n) is 6.96. The van der Waals surface area contributed by atoms with Crippen molar-refractivity contribution < 1.29 is 4.52 Å². The van der Waals surface area contributed by atoms with Crippen molar-refractivity contribution in [1.82, 2.24) is 29.7 Å². The Morgan fingerprint density at radius 1 is 1.29 bits per heavy atom. The van der Waals surface area contributed by atoms with Gasteiger partial charge in [0.05, 0.1) is 6.04 Å². The van der Waals surface area contributed by atoms with Crippen LogP contribution in [0.2, 0.25) is 0 Å². The lowest BCUT2D eigenvalue weighted by Gasteiger charge is -2.24. The summed E-state index contributed by atoms with van der Waals surface area (Å²) in [5, 5.41) is 8.35. The molecule has 21 heavy (non-hydrogen) atoms. The van der Waals surface area contributed by atoms with Gasteiger partial charge in [-0.05, 0) is 19.8 Å². The van der Waals surface area contributed by atoms with E-state index >= 15 is 0 Å². The molecule has 0 N–H and O–H groups in total. The molecule has 3 aromatic rings. The van der Waals surface area contributed by atoms with E-state index in [9.17, 15) is 0 Å². The molecule has 3 aromatic heterocycles. The Balaban J connectivity index is 1.81. The molecule has 108 valence electrons. The fourth-order valence-corrected chi connectivity index (χ4v) is 2.88. The summed E-state index contributed by atoms with van der Waals surface area (Å²) in [5.74, 6) is 2.90. The molecule has 0 saturated carbocycles. The van der Waals surface area contributed by atoms with Gasteiger partial charge in [0.1, 0.15) is 12.1 Å². The maximum absolute atomic E-state index is 5.12. The number of aromatic nitrogens is 6. The Morgan fingerprint density at radius 3 is 3.00 bits per heavy atom. The van der Waals surface area contributed by atoms with E-state index in [0.29, 0.717) is 11.7 Å². The lowest BCUT2D eigenvalue weighted by molar-refractivity contribution is 0.383. The van der Waals surface area contributed by atoms with Crippen LogP contribution in [0.3, 0.4) is 0 Å². The van der Waals surface area contributed by atoms with E-state index in [0.717, 1.165) is 36.7 Å². The fourth-order valence-electron chi connectivity index (χ4n) is 2.88. The molecule has 0 aromatic carbocycles. The quantitative estimate of drug-likeness (QED) is 0.704. The van der Waals surface area contributed by atoms with Gasteiger partial charge in [0.2, 0.25) is 5.89 Å². The predicted octanol–water partition coefficient (Wildman–Crippen LogP) is 1.47. The van der Waals surface area contributed by atoms with Gasteiger partial charge in [-0.3, -0.25) is 0 Å². The number of anilines is 1. The van der Waals surface area contributed by atoms with Crippen molar-refractivity contribution in [3.63, 3.8) is 0 Å². The van der Waals surface area contributed by atoms with E-state index in [1.165, 1.54) is 6.33 Å². The zero-order valence-electron chi connectivity index (χ0n) is 11.9. The van der Waals surface area contributed by atoms with Crippen LogP contribution in [0, 0.1) is 13.8 Å². The highest BCUT2D eigenvalue weighted by Crippen LogP contribution is 2.34. The molecular formula is C13H15N7O. The lowest BCUT2D eigenvalue weighted by atomic mass is 10.2. The highest BCUT2D eigenvalue weighted by Gasteiger charge is 2.31. The number of aryl methyl sites for hydroxylation is 2. The summed E-state index contributed by atoms with van der Waals surface area (Å²) >= 11 is 0. The van der Waals surface area contributed by atoms with Crippen LogP contribution in [-0.2, 0) is 0 Å². The molecule has 4 rings (SSSR count). The highest BCUT2D eigenvalue weighted by molar-refractivity contribution is 5.49. The number of nitrogens with zero attached hydrogens (tertiary/aromatic N) is 7. The first-order chi connectivity index (χ1) is 10.2. The molecule has 0 spiro atoms. The van der Waals surface area contributed by atoms with Crippen LogP contribution >= 0.6 is 0 Å². The molecular weight excluding hydrogens is 270 g/mol. The SMILES string of the molecule is Cc1cc(N2CCC[C@H]2c2noc(C)n2)n2ncnc2n1. The minimum Gasteiger partial charge on any atom is -0.346 e. The van der Waals surface area contributed by atoms with Crippen LogP contribution in [0.25, 0.3) is 5.78 Å². The Bertz CT molecular complexity index is 793. The summed E-state index contributed by atoms with van der Waals surface area (Å²) in [6.07, 6.45) is 3.60. The maximum Gasteiger partial charge on any atom is 0.254 e. The van der Waals surface area contributed by atoms with Crippen LogP contribution < -0.4 is 4.90 Å². The van der Waals surface area contributed by atoms with Gasteiger partial charge in [-0.15, -0.1) is 0 Å². The second kappa shape index (κ2) is 4.51. The van der Waals surface area contributed by atoms with Crippen molar-refractivity contribution in [3.05, 3.63) is 29.8 Å². The number of hydrogen-bond acceptors (Lipinski definition) is 7. The van der Waals surface area contributed by atoms with Gasteiger partial charge >= 0.3 is 0 Å². The molecule has 1 fully saturated rings. The summed E-state index contributed by atoms with van der Waals surface area (Å²) in [4.78, 5) is 15.2. The van der Waals surface area contributed by atoms with Crippen molar-refractivity contribution in [1.29, 1.82) is 0 Å². The second-order valence-electron chi connectivity index (χ2n) is 5.25. The predicted molar refractivity (Wildman–Crippen MR) is 73.9 cm³/mol. The zero-order chi connectivity index (χ0) is 14.4. The van der Waals surface area contributed by atoms with Gasteiger partial charge in [0, 0.05) is 25.2 Å². The van der Waals surface area contributed by atoms with Crippen LogP contribution in [0.4, 0.5) is 5.82 Å². The number of fused-ring (bicyclic) bond motifs is 1. The zero-order valence-corrected chi connectivity index (χ0v) is 11.9. The van der Waals surface area contributed by atoms with E-state index in [4.69, 9.17) is 4.52 Å². The van der Waals surface area contributed by atoms with Crippen molar-refractivity contribution in [2.75, 3.05) is 11.4 Å². The van der Waals surface area contributed by atoms with E-state index in [-0.39, 0.29) is 6.04 Å². The second-order valence-corrected chi connectivity index (χ2v) is 5.25. The summed E-state index contributed by atoms with van der Waals surface area (Å²) in [6, 6.07) is 2.13. The van der Waals surface area contributed by atoms with Crippen LogP contribution in [0.15, 0.2) is 16.9 Å². The largest absolute Gasteiger partial charge is 0.346 e. The van der Waals surface area contributed by atoms with Gasteiger partial charge in [0.25, 0.3) is 5.78 Å². The Hall–Kier alpha value is -2.51. The minimum atomic E-state index is 0.108. The minimum absolute atomic E-state index is 0.108. The van der Waals surface area contributed by atoms with Crippen molar-refractivity contribution in [3.8, 4) is 0 Å². The highest BCUT2D eigenvalue weighted by atomic mass is 16.5. The van der Waals surface area contributed by atoms with Gasteiger partial charge in [0.15, 0.2) is 5.82 Å². The van der Waals surface area contributed by atoms with Crippen LogP contribution in [-0.4, -0.2) is 36.3 Å². The molecule has 8 nitrogen and oxygen atoms in total. The van der Waals surface area contributed by atoms with E-state index in [1.807, 2.05) is 19.9 Å². The third-order valence-electron chi connectivity index (χ3n) is 3.75. The summed E-state index contributed by atoms with van der Waals surface area (Å²) in [7, 11) is 0. The molecule has 0 aliphatic carbocycles. The molecule has 0 bridgehead atoms. The van der Waals surface area contributed by atoms with Crippen molar-refractivity contribution >= 4 is 11.6 Å². The smallest absolute Gasteiger partial charge is 0.254 e. The van der Waals surface area contributed by atoms with E-state index in [1.54, 1.807) is 4.52 Å². The topological polar surface area (TPSA) is 85.2 Å². The number of hydrogen-bond donors (Lipinski definition) is 0. The van der Waals surface area contributed by atoms with Gasteiger partial charge in [-0.25, -0.2) is 4.98 Å². The monoisotopic (exact) mass is 285 g/mol. The summed E-state index contributed by atoms with van der Waals surface area (Å²) in [6.45, 7) is 4.69. The standard InChI is InChI=1S/C13H15N7O/c1-8-6-11(20-13(16-8)14-7-15-20)19-5-3-4-10(19)12-17-9(2)21-18-12/h6-7,10H,3-5H2,1-2H3/t10-/m0/s1. The maximum atomic E-state index is 5.12. The molecule has 1 aliphatic rings. The molecule has 1 atom stereocenters. The average molecular weight is 285 g/mol. The van der Waals surface area contributed by atoms with Gasteiger partial charge in [-0.2, -0.15) is 19.6 Å². The Kier molecular flexibility index (Phi) is 2.63. The average Bonchev–Trinajstić information content (AvgIpc) is 3.15. The van der Waals surface area contributed by atoms with Crippen molar-refractivity contribution in [2.24, 2.45) is 0 Å². The van der Waals surface area contributed by atoms with Crippen LogP contribution in [0.1, 0.15) is 36.3 Å².